The van der Waals surface area contributed by atoms with Crippen molar-refractivity contribution in [2.75, 3.05) is 14.2 Å². The largest absolute Gasteiger partial charge is 0.465 e. The van der Waals surface area contributed by atoms with E-state index in [1.165, 1.54) is 14.2 Å². The minimum Gasteiger partial charge on any atom is -0.465 e. The highest BCUT2D eigenvalue weighted by Gasteiger charge is 2.11. The highest BCUT2D eigenvalue weighted by atomic mass is 16.5. The minimum absolute atomic E-state index is 0.422. The van der Waals surface area contributed by atoms with Crippen LogP contribution in [0.2, 0.25) is 0 Å². The second-order valence-electron chi connectivity index (χ2n) is 6.11. The zero-order chi connectivity index (χ0) is 20.1. The molecule has 0 radical (unpaired) electrons. The van der Waals surface area contributed by atoms with Gasteiger partial charge in [0.15, 0.2) is 0 Å². The summed E-state index contributed by atoms with van der Waals surface area (Å²) in [6.45, 7) is 0. The van der Waals surface area contributed by atoms with Gasteiger partial charge in [-0.1, -0.05) is 24.3 Å². The van der Waals surface area contributed by atoms with E-state index in [4.69, 9.17) is 9.47 Å². The van der Waals surface area contributed by atoms with Crippen molar-refractivity contribution in [1.82, 2.24) is 0 Å². The van der Waals surface area contributed by atoms with Crippen LogP contribution in [0.1, 0.15) is 31.1 Å². The molecule has 0 saturated heterocycles. The number of methoxy groups -OCH3 is 2. The lowest BCUT2D eigenvalue weighted by Crippen LogP contribution is -2.01. The number of rotatable bonds is 5. The van der Waals surface area contributed by atoms with E-state index < -0.39 is 11.9 Å². The third-order valence-electron chi connectivity index (χ3n) is 4.33. The maximum atomic E-state index is 11.8. The van der Waals surface area contributed by atoms with Gasteiger partial charge in [0.05, 0.1) is 25.3 Å². The van der Waals surface area contributed by atoms with Gasteiger partial charge in [0.25, 0.3) is 0 Å². The molecule has 0 spiro atoms. The van der Waals surface area contributed by atoms with Crippen molar-refractivity contribution in [3.63, 3.8) is 0 Å². The zero-order valence-electron chi connectivity index (χ0n) is 15.5. The van der Waals surface area contributed by atoms with Gasteiger partial charge in [0.1, 0.15) is 6.29 Å². The third kappa shape index (κ3) is 3.99. The molecule has 0 aliphatic heterocycles. The van der Waals surface area contributed by atoms with Crippen LogP contribution in [0.15, 0.2) is 66.7 Å². The lowest BCUT2D eigenvalue weighted by atomic mass is 9.95. The topological polar surface area (TPSA) is 69.7 Å². The summed E-state index contributed by atoms with van der Waals surface area (Å²) in [5.41, 5.74) is 4.42. The first-order chi connectivity index (χ1) is 13.5. The summed E-state index contributed by atoms with van der Waals surface area (Å²) in [6.07, 6.45) is 0.765. The van der Waals surface area contributed by atoms with E-state index in [1.54, 1.807) is 48.5 Å². The number of hydrogen-bond acceptors (Lipinski definition) is 5. The van der Waals surface area contributed by atoms with Crippen molar-refractivity contribution >= 4 is 18.2 Å². The maximum Gasteiger partial charge on any atom is 0.337 e. The molecule has 5 nitrogen and oxygen atoms in total. The second-order valence-corrected chi connectivity index (χ2v) is 6.11. The molecule has 0 amide bonds. The molecular weight excluding hydrogens is 356 g/mol. The number of benzene rings is 3. The van der Waals surface area contributed by atoms with Crippen LogP contribution in [-0.2, 0) is 9.47 Å². The first kappa shape index (κ1) is 19.0. The van der Waals surface area contributed by atoms with Gasteiger partial charge >= 0.3 is 11.9 Å². The van der Waals surface area contributed by atoms with Gasteiger partial charge < -0.3 is 9.47 Å². The molecule has 0 aliphatic carbocycles. The molecule has 0 saturated carbocycles. The van der Waals surface area contributed by atoms with Crippen molar-refractivity contribution in [3.8, 4) is 22.3 Å². The smallest absolute Gasteiger partial charge is 0.337 e. The molecule has 5 heteroatoms. The van der Waals surface area contributed by atoms with Gasteiger partial charge in [-0.15, -0.1) is 0 Å². The fraction of sp³-hybridized carbons (Fsp3) is 0.0870. The highest BCUT2D eigenvalue weighted by molar-refractivity contribution is 5.93. The number of hydrogen-bond donors (Lipinski definition) is 0. The molecule has 0 atom stereocenters. The van der Waals surface area contributed by atoms with E-state index in [9.17, 15) is 14.4 Å². The Morgan fingerprint density at radius 1 is 0.679 bits per heavy atom. The van der Waals surface area contributed by atoms with E-state index in [0.29, 0.717) is 16.7 Å². The molecular formula is C23H18O5. The lowest BCUT2D eigenvalue weighted by molar-refractivity contribution is 0.0592. The summed E-state index contributed by atoms with van der Waals surface area (Å²) in [5.74, 6) is -0.862. The van der Waals surface area contributed by atoms with Gasteiger partial charge in [0, 0.05) is 5.56 Å². The molecule has 3 aromatic carbocycles. The van der Waals surface area contributed by atoms with Gasteiger partial charge in [-0.3, -0.25) is 4.79 Å². The van der Waals surface area contributed by atoms with Gasteiger partial charge in [0.2, 0.25) is 0 Å². The van der Waals surface area contributed by atoms with E-state index >= 15 is 0 Å². The average molecular weight is 374 g/mol. The first-order valence-corrected chi connectivity index (χ1v) is 8.53. The summed E-state index contributed by atoms with van der Waals surface area (Å²) in [5, 5.41) is 0. The molecule has 0 fully saturated rings. The van der Waals surface area contributed by atoms with E-state index in [2.05, 4.69) is 0 Å². The molecule has 0 aliphatic rings. The highest BCUT2D eigenvalue weighted by Crippen LogP contribution is 2.29. The molecule has 0 heterocycles. The monoisotopic (exact) mass is 374 g/mol. The summed E-state index contributed by atoms with van der Waals surface area (Å²) >= 11 is 0. The van der Waals surface area contributed by atoms with Crippen molar-refractivity contribution in [3.05, 3.63) is 83.4 Å². The molecule has 140 valence electrons. The zero-order valence-corrected chi connectivity index (χ0v) is 15.5. The third-order valence-corrected chi connectivity index (χ3v) is 4.33. The molecule has 0 unspecified atom stereocenters. The molecule has 28 heavy (non-hydrogen) atoms. The predicted molar refractivity (Wildman–Crippen MR) is 105 cm³/mol. The van der Waals surface area contributed by atoms with Crippen molar-refractivity contribution in [1.29, 1.82) is 0 Å². The maximum absolute atomic E-state index is 11.8. The summed E-state index contributed by atoms with van der Waals surface area (Å²) in [7, 11) is 2.66. The van der Waals surface area contributed by atoms with Gasteiger partial charge in [-0.25, -0.2) is 9.59 Å². The Kier molecular flexibility index (Phi) is 5.65. The van der Waals surface area contributed by atoms with E-state index in [0.717, 1.165) is 28.5 Å². The minimum atomic E-state index is -0.431. The van der Waals surface area contributed by atoms with Gasteiger partial charge in [-0.2, -0.15) is 0 Å². The van der Waals surface area contributed by atoms with Crippen LogP contribution in [-0.4, -0.2) is 32.4 Å². The predicted octanol–water partition coefficient (Wildman–Crippen LogP) is 4.41. The number of esters is 2. The number of carbonyl (C=O) groups is 3. The summed E-state index contributed by atoms with van der Waals surface area (Å²) in [6, 6.07) is 19.4. The number of ether oxygens (including phenoxy) is 2. The quantitative estimate of drug-likeness (QED) is 0.489. The van der Waals surface area contributed by atoms with Crippen LogP contribution in [0.3, 0.4) is 0 Å². The van der Waals surface area contributed by atoms with Crippen LogP contribution in [0.25, 0.3) is 22.3 Å². The lowest BCUT2D eigenvalue weighted by Gasteiger charge is -2.10. The van der Waals surface area contributed by atoms with Gasteiger partial charge in [-0.05, 0) is 64.7 Å². The summed E-state index contributed by atoms with van der Waals surface area (Å²) < 4.78 is 9.54. The van der Waals surface area contributed by atoms with Crippen LogP contribution in [0.5, 0.6) is 0 Å². The first-order valence-electron chi connectivity index (χ1n) is 8.53. The Balaban J connectivity index is 2.10. The molecule has 0 bridgehead atoms. The standard InChI is InChI=1S/C23H18O5/c1-27-22(25)18-7-3-5-16(11-18)20-9-15(14-24)10-21(13-20)17-6-4-8-19(12-17)23(26)28-2/h3-14H,1-2H3. The van der Waals surface area contributed by atoms with Crippen molar-refractivity contribution in [2.45, 2.75) is 0 Å². The van der Waals surface area contributed by atoms with Crippen molar-refractivity contribution in [2.24, 2.45) is 0 Å². The molecule has 3 rings (SSSR count). The summed E-state index contributed by atoms with van der Waals surface area (Å²) in [4.78, 5) is 35.1. The Morgan fingerprint density at radius 3 is 1.54 bits per heavy atom. The molecule has 0 aromatic heterocycles. The molecule has 0 N–H and O–H groups in total. The normalized spacial score (nSPS) is 10.2. The average Bonchev–Trinajstić information content (AvgIpc) is 2.77. The number of aldehydes is 1. The van der Waals surface area contributed by atoms with Crippen LogP contribution >= 0.6 is 0 Å². The van der Waals surface area contributed by atoms with Crippen LogP contribution < -0.4 is 0 Å². The van der Waals surface area contributed by atoms with E-state index in [1.807, 2.05) is 18.2 Å². The fourth-order valence-corrected chi connectivity index (χ4v) is 2.94. The second kappa shape index (κ2) is 8.31. The van der Waals surface area contributed by atoms with Crippen molar-refractivity contribution < 1.29 is 23.9 Å². The Morgan fingerprint density at radius 2 is 1.14 bits per heavy atom. The fourth-order valence-electron chi connectivity index (χ4n) is 2.94. The Bertz CT molecular complexity index is 975. The van der Waals surface area contributed by atoms with Crippen LogP contribution in [0, 0.1) is 0 Å². The number of carbonyl (C=O) groups excluding carboxylic acids is 3. The molecule has 3 aromatic rings. The SMILES string of the molecule is COC(=O)c1cccc(-c2cc(C=O)cc(-c3cccc(C(=O)OC)c3)c2)c1. The Hall–Kier alpha value is -3.73. The Labute approximate surface area is 162 Å². The van der Waals surface area contributed by atoms with Crippen LogP contribution in [0.4, 0.5) is 0 Å². The van der Waals surface area contributed by atoms with E-state index in [-0.39, 0.29) is 0 Å².